The van der Waals surface area contributed by atoms with Gasteiger partial charge in [-0.2, -0.15) is 0 Å². The zero-order valence-corrected chi connectivity index (χ0v) is 11.8. The summed E-state index contributed by atoms with van der Waals surface area (Å²) in [7, 11) is 0. The average Bonchev–Trinajstić information content (AvgIpc) is 2.19. The highest BCUT2D eigenvalue weighted by Crippen LogP contribution is 2.27. The molecule has 5 heteroatoms. The summed E-state index contributed by atoms with van der Waals surface area (Å²) in [5, 5.41) is 3.06. The van der Waals surface area contributed by atoms with Crippen LogP contribution >= 0.6 is 11.6 Å². The minimum Gasteiger partial charge on any atom is -0.492 e. The fourth-order valence-corrected chi connectivity index (χ4v) is 1.51. The van der Waals surface area contributed by atoms with E-state index < -0.39 is 11.7 Å². The van der Waals surface area contributed by atoms with E-state index in [4.69, 9.17) is 21.1 Å². The second-order valence-corrected chi connectivity index (χ2v) is 5.11. The van der Waals surface area contributed by atoms with Crippen molar-refractivity contribution in [1.82, 2.24) is 0 Å². The lowest BCUT2D eigenvalue weighted by Crippen LogP contribution is -2.27. The third-order valence-corrected chi connectivity index (χ3v) is 2.17. The molecule has 1 aromatic carbocycles. The number of carbonyl (C=O) groups excluding carboxylic acids is 1. The molecule has 0 saturated carbocycles. The maximum atomic E-state index is 11.5. The number of benzene rings is 1. The van der Waals surface area contributed by atoms with Gasteiger partial charge in [-0.15, -0.1) is 0 Å². The molecule has 0 spiro atoms. The standard InChI is InChI=1S/C13H18ClNO3/c1-5-17-11-7-6-9(8-10(11)14)15-12(16)18-13(2,3)4/h6-8H,5H2,1-4H3,(H,15,16). The Morgan fingerprint density at radius 1 is 1.39 bits per heavy atom. The predicted octanol–water partition coefficient (Wildman–Crippen LogP) is 4.09. The Balaban J connectivity index is 2.69. The number of ether oxygens (including phenoxy) is 2. The van der Waals surface area contributed by atoms with Crippen molar-refractivity contribution in [2.45, 2.75) is 33.3 Å². The molecule has 1 N–H and O–H groups in total. The number of amides is 1. The number of nitrogens with one attached hydrogen (secondary N) is 1. The number of halogens is 1. The molecule has 1 amide bonds. The Morgan fingerprint density at radius 2 is 2.06 bits per heavy atom. The summed E-state index contributed by atoms with van der Waals surface area (Å²) in [5.41, 5.74) is 0.0387. The summed E-state index contributed by atoms with van der Waals surface area (Å²) >= 11 is 6.01. The van der Waals surface area contributed by atoms with Crippen LogP contribution in [0.3, 0.4) is 0 Å². The van der Waals surface area contributed by atoms with Gasteiger partial charge in [-0.3, -0.25) is 5.32 Å². The normalized spacial score (nSPS) is 10.9. The van der Waals surface area contributed by atoms with Crippen LogP contribution in [0.15, 0.2) is 18.2 Å². The van der Waals surface area contributed by atoms with Gasteiger partial charge in [-0.1, -0.05) is 11.6 Å². The highest BCUT2D eigenvalue weighted by Gasteiger charge is 2.16. The van der Waals surface area contributed by atoms with Crippen molar-refractivity contribution in [1.29, 1.82) is 0 Å². The van der Waals surface area contributed by atoms with Crippen molar-refractivity contribution < 1.29 is 14.3 Å². The summed E-state index contributed by atoms with van der Waals surface area (Å²) in [6, 6.07) is 5.04. The maximum absolute atomic E-state index is 11.5. The topological polar surface area (TPSA) is 47.6 Å². The smallest absolute Gasteiger partial charge is 0.412 e. The average molecular weight is 272 g/mol. The summed E-state index contributed by atoms with van der Waals surface area (Å²) in [4.78, 5) is 11.5. The first kappa shape index (κ1) is 14.6. The highest BCUT2D eigenvalue weighted by molar-refractivity contribution is 6.32. The zero-order chi connectivity index (χ0) is 13.8. The van der Waals surface area contributed by atoms with Crippen molar-refractivity contribution in [2.24, 2.45) is 0 Å². The Hall–Kier alpha value is -1.42. The van der Waals surface area contributed by atoms with E-state index in [-0.39, 0.29) is 0 Å². The van der Waals surface area contributed by atoms with E-state index in [0.717, 1.165) is 0 Å². The first-order chi connectivity index (χ1) is 8.31. The van der Waals surface area contributed by atoms with Gasteiger partial charge in [-0.25, -0.2) is 4.79 Å². The molecule has 0 fully saturated rings. The lowest BCUT2D eigenvalue weighted by atomic mass is 10.2. The molecule has 100 valence electrons. The van der Waals surface area contributed by atoms with Crippen LogP contribution in [-0.4, -0.2) is 18.3 Å². The molecule has 1 rings (SSSR count). The second-order valence-electron chi connectivity index (χ2n) is 4.71. The molecule has 0 atom stereocenters. The summed E-state index contributed by atoms with van der Waals surface area (Å²) in [6.45, 7) is 7.83. The van der Waals surface area contributed by atoms with E-state index in [1.165, 1.54) is 0 Å². The van der Waals surface area contributed by atoms with Gasteiger partial charge in [0.2, 0.25) is 0 Å². The van der Waals surface area contributed by atoms with Gasteiger partial charge >= 0.3 is 6.09 Å². The van der Waals surface area contributed by atoms with Crippen LogP contribution in [0.2, 0.25) is 5.02 Å². The van der Waals surface area contributed by atoms with Gasteiger partial charge in [-0.05, 0) is 45.9 Å². The van der Waals surface area contributed by atoms with E-state index in [2.05, 4.69) is 5.32 Å². The lowest BCUT2D eigenvalue weighted by molar-refractivity contribution is 0.0636. The van der Waals surface area contributed by atoms with E-state index in [0.29, 0.717) is 23.1 Å². The van der Waals surface area contributed by atoms with Gasteiger partial charge in [0.1, 0.15) is 11.4 Å². The predicted molar refractivity (Wildman–Crippen MR) is 72.5 cm³/mol. The first-order valence-corrected chi connectivity index (χ1v) is 6.12. The molecule has 0 unspecified atom stereocenters. The van der Waals surface area contributed by atoms with Gasteiger partial charge in [0, 0.05) is 5.69 Å². The van der Waals surface area contributed by atoms with Crippen molar-refractivity contribution >= 4 is 23.4 Å². The molecule has 4 nitrogen and oxygen atoms in total. The number of hydrogen-bond donors (Lipinski definition) is 1. The second kappa shape index (κ2) is 5.96. The molecule has 1 aromatic rings. The minimum atomic E-state index is -0.529. The molecule has 0 aliphatic rings. The monoisotopic (exact) mass is 271 g/mol. The number of rotatable bonds is 3. The van der Waals surface area contributed by atoms with Crippen LogP contribution in [0.4, 0.5) is 10.5 Å². The van der Waals surface area contributed by atoms with Gasteiger partial charge in [0.15, 0.2) is 0 Å². The van der Waals surface area contributed by atoms with Gasteiger partial charge in [0.05, 0.1) is 11.6 Å². The molecule has 0 saturated heterocycles. The number of hydrogen-bond acceptors (Lipinski definition) is 3. The highest BCUT2D eigenvalue weighted by atomic mass is 35.5. The number of anilines is 1. The van der Waals surface area contributed by atoms with Crippen LogP contribution < -0.4 is 10.1 Å². The largest absolute Gasteiger partial charge is 0.492 e. The van der Waals surface area contributed by atoms with E-state index >= 15 is 0 Å². The molecule has 0 aliphatic carbocycles. The van der Waals surface area contributed by atoms with Crippen LogP contribution in [0.25, 0.3) is 0 Å². The third kappa shape index (κ3) is 4.84. The van der Waals surface area contributed by atoms with Crippen LogP contribution in [0, 0.1) is 0 Å². The Morgan fingerprint density at radius 3 is 2.56 bits per heavy atom. The molecule has 18 heavy (non-hydrogen) atoms. The molecule has 0 bridgehead atoms. The zero-order valence-electron chi connectivity index (χ0n) is 11.0. The molecule has 0 aliphatic heterocycles. The molecular weight excluding hydrogens is 254 g/mol. The Bertz CT molecular complexity index is 427. The Kier molecular flexibility index (Phi) is 4.84. The van der Waals surface area contributed by atoms with E-state index in [9.17, 15) is 4.79 Å². The van der Waals surface area contributed by atoms with Crippen molar-refractivity contribution in [3.63, 3.8) is 0 Å². The van der Waals surface area contributed by atoms with Crippen LogP contribution in [-0.2, 0) is 4.74 Å². The van der Waals surface area contributed by atoms with Crippen LogP contribution in [0.5, 0.6) is 5.75 Å². The van der Waals surface area contributed by atoms with Crippen molar-refractivity contribution in [2.75, 3.05) is 11.9 Å². The summed E-state index contributed by atoms with van der Waals surface area (Å²) < 4.78 is 10.4. The SMILES string of the molecule is CCOc1ccc(NC(=O)OC(C)(C)C)cc1Cl. The minimum absolute atomic E-state index is 0.449. The molecule has 0 radical (unpaired) electrons. The Labute approximate surface area is 112 Å². The summed E-state index contributed by atoms with van der Waals surface area (Å²) in [5.74, 6) is 0.592. The van der Waals surface area contributed by atoms with Gasteiger partial charge < -0.3 is 9.47 Å². The number of carbonyl (C=O) groups is 1. The summed E-state index contributed by atoms with van der Waals surface area (Å²) in [6.07, 6.45) is -0.511. The fourth-order valence-electron chi connectivity index (χ4n) is 1.27. The molecule has 0 heterocycles. The first-order valence-electron chi connectivity index (χ1n) is 5.74. The van der Waals surface area contributed by atoms with Crippen molar-refractivity contribution in [3.05, 3.63) is 23.2 Å². The quantitative estimate of drug-likeness (QED) is 0.901. The molecule has 0 aromatic heterocycles. The lowest BCUT2D eigenvalue weighted by Gasteiger charge is -2.19. The molecular formula is C13H18ClNO3. The maximum Gasteiger partial charge on any atom is 0.412 e. The fraction of sp³-hybridized carbons (Fsp3) is 0.462. The third-order valence-electron chi connectivity index (χ3n) is 1.88. The van der Waals surface area contributed by atoms with Crippen LogP contribution in [0.1, 0.15) is 27.7 Å². The van der Waals surface area contributed by atoms with Crippen molar-refractivity contribution in [3.8, 4) is 5.75 Å². The van der Waals surface area contributed by atoms with E-state index in [1.807, 2.05) is 6.92 Å². The van der Waals surface area contributed by atoms with E-state index in [1.54, 1.807) is 39.0 Å². The van der Waals surface area contributed by atoms with Gasteiger partial charge in [0.25, 0.3) is 0 Å².